The Hall–Kier alpha value is -1.33. The van der Waals surface area contributed by atoms with E-state index in [4.69, 9.17) is 4.74 Å². The highest BCUT2D eigenvalue weighted by atomic mass is 79.9. The first-order chi connectivity index (χ1) is 9.95. The van der Waals surface area contributed by atoms with Gasteiger partial charge in [0.05, 0.1) is 5.69 Å². The van der Waals surface area contributed by atoms with Gasteiger partial charge >= 0.3 is 0 Å². The van der Waals surface area contributed by atoms with Crippen molar-refractivity contribution in [3.8, 4) is 5.75 Å². The Bertz CT molecular complexity index is 671. The monoisotopic (exact) mass is 411 g/mol. The van der Waals surface area contributed by atoms with E-state index in [1.165, 1.54) is 5.56 Å². The van der Waals surface area contributed by atoms with Crippen molar-refractivity contribution in [2.45, 2.75) is 13.8 Å². The van der Waals surface area contributed by atoms with E-state index in [9.17, 15) is 4.79 Å². The van der Waals surface area contributed by atoms with Gasteiger partial charge in [0, 0.05) is 8.95 Å². The van der Waals surface area contributed by atoms with Crippen LogP contribution >= 0.6 is 31.9 Å². The number of amides is 1. The van der Waals surface area contributed by atoms with Gasteiger partial charge in [0.25, 0.3) is 5.91 Å². The third-order valence-corrected chi connectivity index (χ3v) is 4.04. The molecule has 0 bridgehead atoms. The van der Waals surface area contributed by atoms with Gasteiger partial charge < -0.3 is 10.1 Å². The van der Waals surface area contributed by atoms with Gasteiger partial charge in [0.1, 0.15) is 5.75 Å². The molecule has 0 aliphatic rings. The van der Waals surface area contributed by atoms with E-state index < -0.39 is 0 Å². The second kappa shape index (κ2) is 7.09. The predicted octanol–water partition coefficient (Wildman–Crippen LogP) is 4.85. The molecule has 0 saturated carbocycles. The zero-order valence-electron chi connectivity index (χ0n) is 11.7. The number of hydrogen-bond donors (Lipinski definition) is 1. The van der Waals surface area contributed by atoms with Gasteiger partial charge in [-0.05, 0) is 59.6 Å². The minimum Gasteiger partial charge on any atom is -0.483 e. The van der Waals surface area contributed by atoms with Crippen molar-refractivity contribution >= 4 is 43.5 Å². The SMILES string of the molecule is Cc1ccc(OCC(=O)Nc2ccc(Br)cc2Br)c(C)c1. The number of ether oxygens (including phenoxy) is 1. The topological polar surface area (TPSA) is 38.3 Å². The quantitative estimate of drug-likeness (QED) is 0.779. The summed E-state index contributed by atoms with van der Waals surface area (Å²) in [5.74, 6) is 0.531. The highest BCUT2D eigenvalue weighted by Crippen LogP contribution is 2.26. The van der Waals surface area contributed by atoms with Crippen LogP contribution in [0.3, 0.4) is 0 Å². The van der Waals surface area contributed by atoms with Gasteiger partial charge in [0.15, 0.2) is 6.61 Å². The number of hydrogen-bond acceptors (Lipinski definition) is 2. The average Bonchev–Trinajstić information content (AvgIpc) is 2.41. The van der Waals surface area contributed by atoms with Gasteiger partial charge in [0.2, 0.25) is 0 Å². The van der Waals surface area contributed by atoms with Gasteiger partial charge in [-0.1, -0.05) is 33.6 Å². The molecule has 2 rings (SSSR count). The molecule has 1 amide bonds. The lowest BCUT2D eigenvalue weighted by Gasteiger charge is -2.11. The molecule has 0 spiro atoms. The van der Waals surface area contributed by atoms with Gasteiger partial charge in [-0.25, -0.2) is 0 Å². The molecular formula is C16H15Br2NO2. The predicted molar refractivity (Wildman–Crippen MR) is 91.9 cm³/mol. The van der Waals surface area contributed by atoms with Crippen molar-refractivity contribution in [1.29, 1.82) is 0 Å². The van der Waals surface area contributed by atoms with Crippen molar-refractivity contribution in [2.75, 3.05) is 11.9 Å². The summed E-state index contributed by atoms with van der Waals surface area (Å²) in [5, 5.41) is 2.81. The summed E-state index contributed by atoms with van der Waals surface area (Å²) in [4.78, 5) is 11.9. The Labute approximate surface area is 141 Å². The second-order valence-electron chi connectivity index (χ2n) is 4.73. The van der Waals surface area contributed by atoms with E-state index in [-0.39, 0.29) is 12.5 Å². The molecule has 0 heterocycles. The number of rotatable bonds is 4. The third-order valence-electron chi connectivity index (χ3n) is 2.89. The van der Waals surface area contributed by atoms with Crippen molar-refractivity contribution in [3.63, 3.8) is 0 Å². The lowest BCUT2D eigenvalue weighted by atomic mass is 10.1. The number of benzene rings is 2. The zero-order valence-corrected chi connectivity index (χ0v) is 14.9. The zero-order chi connectivity index (χ0) is 15.4. The fourth-order valence-corrected chi connectivity index (χ4v) is 3.03. The molecule has 0 aliphatic heterocycles. The molecule has 21 heavy (non-hydrogen) atoms. The highest BCUT2D eigenvalue weighted by molar-refractivity contribution is 9.11. The molecule has 0 unspecified atom stereocenters. The molecule has 1 N–H and O–H groups in total. The fourth-order valence-electron chi connectivity index (χ4n) is 1.88. The van der Waals surface area contributed by atoms with Crippen LogP contribution in [0.2, 0.25) is 0 Å². The van der Waals surface area contributed by atoms with E-state index in [0.717, 1.165) is 20.3 Å². The Morgan fingerprint density at radius 3 is 2.57 bits per heavy atom. The summed E-state index contributed by atoms with van der Waals surface area (Å²) in [6.45, 7) is 3.96. The Balaban J connectivity index is 1.96. The summed E-state index contributed by atoms with van der Waals surface area (Å²) < 4.78 is 7.31. The number of carbonyl (C=O) groups is 1. The van der Waals surface area contributed by atoms with E-state index in [1.54, 1.807) is 0 Å². The lowest BCUT2D eigenvalue weighted by molar-refractivity contribution is -0.118. The number of halogens is 2. The number of anilines is 1. The molecule has 0 fully saturated rings. The van der Waals surface area contributed by atoms with E-state index in [1.807, 2.05) is 50.2 Å². The van der Waals surface area contributed by atoms with Crippen LogP contribution in [-0.4, -0.2) is 12.5 Å². The molecule has 0 atom stereocenters. The summed E-state index contributed by atoms with van der Waals surface area (Å²) in [6, 6.07) is 11.4. The highest BCUT2D eigenvalue weighted by Gasteiger charge is 2.08. The molecule has 0 saturated heterocycles. The molecule has 0 aliphatic carbocycles. The van der Waals surface area contributed by atoms with Crippen LogP contribution < -0.4 is 10.1 Å². The molecule has 3 nitrogen and oxygen atoms in total. The Morgan fingerprint density at radius 2 is 1.90 bits per heavy atom. The van der Waals surface area contributed by atoms with Gasteiger partial charge in [-0.2, -0.15) is 0 Å². The van der Waals surface area contributed by atoms with Crippen LogP contribution in [0.1, 0.15) is 11.1 Å². The molecule has 2 aromatic carbocycles. The minimum absolute atomic E-state index is 0.0214. The number of carbonyl (C=O) groups excluding carboxylic acids is 1. The number of nitrogens with one attached hydrogen (secondary N) is 1. The molecule has 5 heteroatoms. The molecule has 0 radical (unpaired) electrons. The van der Waals surface area contributed by atoms with Crippen molar-refractivity contribution in [1.82, 2.24) is 0 Å². The van der Waals surface area contributed by atoms with Crippen LogP contribution in [-0.2, 0) is 4.79 Å². The molecule has 0 aromatic heterocycles. The first-order valence-electron chi connectivity index (χ1n) is 6.40. The van der Waals surface area contributed by atoms with E-state index >= 15 is 0 Å². The van der Waals surface area contributed by atoms with Crippen LogP contribution in [0.15, 0.2) is 45.3 Å². The normalized spacial score (nSPS) is 10.3. The summed E-state index contributed by atoms with van der Waals surface area (Å²) >= 11 is 6.78. The molecular weight excluding hydrogens is 398 g/mol. The minimum atomic E-state index is -0.196. The maximum atomic E-state index is 11.9. The Morgan fingerprint density at radius 1 is 1.14 bits per heavy atom. The lowest BCUT2D eigenvalue weighted by Crippen LogP contribution is -2.20. The first-order valence-corrected chi connectivity index (χ1v) is 7.99. The molecule has 110 valence electrons. The van der Waals surface area contributed by atoms with Crippen LogP contribution in [0, 0.1) is 13.8 Å². The van der Waals surface area contributed by atoms with Crippen molar-refractivity contribution in [3.05, 3.63) is 56.5 Å². The van der Waals surface area contributed by atoms with Crippen LogP contribution in [0.5, 0.6) is 5.75 Å². The largest absolute Gasteiger partial charge is 0.483 e. The maximum Gasteiger partial charge on any atom is 0.262 e. The number of aryl methyl sites for hydroxylation is 2. The second-order valence-corrected chi connectivity index (χ2v) is 6.50. The molecule has 2 aromatic rings. The Kier molecular flexibility index (Phi) is 5.42. The first kappa shape index (κ1) is 16.0. The standard InChI is InChI=1S/C16H15Br2NO2/c1-10-3-6-15(11(2)7-10)21-9-16(20)19-14-5-4-12(17)8-13(14)18/h3-8H,9H2,1-2H3,(H,19,20). The average molecular weight is 413 g/mol. The van der Waals surface area contributed by atoms with Crippen LogP contribution in [0.25, 0.3) is 0 Å². The summed E-state index contributed by atoms with van der Waals surface area (Å²) in [6.07, 6.45) is 0. The van der Waals surface area contributed by atoms with Gasteiger partial charge in [-0.3, -0.25) is 4.79 Å². The van der Waals surface area contributed by atoms with Crippen LogP contribution in [0.4, 0.5) is 5.69 Å². The van der Waals surface area contributed by atoms with Gasteiger partial charge in [-0.15, -0.1) is 0 Å². The summed E-state index contributed by atoms with van der Waals surface area (Å²) in [7, 11) is 0. The maximum absolute atomic E-state index is 11.9. The smallest absolute Gasteiger partial charge is 0.262 e. The summed E-state index contributed by atoms with van der Waals surface area (Å²) in [5.41, 5.74) is 2.91. The fraction of sp³-hybridized carbons (Fsp3) is 0.188. The van der Waals surface area contributed by atoms with E-state index in [0.29, 0.717) is 5.69 Å². The van der Waals surface area contributed by atoms with Crippen molar-refractivity contribution in [2.24, 2.45) is 0 Å². The van der Waals surface area contributed by atoms with Crippen molar-refractivity contribution < 1.29 is 9.53 Å². The third kappa shape index (κ3) is 4.58. The van der Waals surface area contributed by atoms with E-state index in [2.05, 4.69) is 37.2 Å².